The van der Waals surface area contributed by atoms with Gasteiger partial charge in [0.15, 0.2) is 0 Å². The summed E-state index contributed by atoms with van der Waals surface area (Å²) in [6.07, 6.45) is 0. The SMILES string of the molecule is CC(C)(CNC(=O)c1cc(N)cc(Br)c1)c1ccccc1. The Labute approximate surface area is 133 Å². The van der Waals surface area contributed by atoms with Crippen molar-refractivity contribution in [2.24, 2.45) is 0 Å². The molecule has 2 aromatic carbocycles. The number of carbonyl (C=O) groups excluding carboxylic acids is 1. The van der Waals surface area contributed by atoms with Crippen molar-refractivity contribution in [3.8, 4) is 0 Å². The zero-order chi connectivity index (χ0) is 15.5. The van der Waals surface area contributed by atoms with Crippen molar-refractivity contribution in [2.75, 3.05) is 12.3 Å². The molecule has 2 rings (SSSR count). The lowest BCUT2D eigenvalue weighted by Crippen LogP contribution is -2.36. The van der Waals surface area contributed by atoms with Gasteiger partial charge in [-0.15, -0.1) is 0 Å². The van der Waals surface area contributed by atoms with E-state index in [0.29, 0.717) is 17.8 Å². The van der Waals surface area contributed by atoms with Gasteiger partial charge in [-0.25, -0.2) is 0 Å². The Morgan fingerprint density at radius 2 is 1.86 bits per heavy atom. The summed E-state index contributed by atoms with van der Waals surface area (Å²) in [5.41, 5.74) is 7.95. The molecule has 0 aliphatic rings. The molecule has 4 heteroatoms. The Morgan fingerprint density at radius 1 is 1.19 bits per heavy atom. The summed E-state index contributed by atoms with van der Waals surface area (Å²) in [6.45, 7) is 4.78. The number of anilines is 1. The molecule has 2 aromatic rings. The molecule has 0 aliphatic carbocycles. The number of benzene rings is 2. The van der Waals surface area contributed by atoms with E-state index in [1.165, 1.54) is 5.56 Å². The Hall–Kier alpha value is -1.81. The smallest absolute Gasteiger partial charge is 0.251 e. The Bertz CT molecular complexity index is 618. The molecule has 0 aliphatic heterocycles. The van der Waals surface area contributed by atoms with Gasteiger partial charge in [-0.1, -0.05) is 60.1 Å². The van der Waals surface area contributed by atoms with Gasteiger partial charge < -0.3 is 11.1 Å². The molecule has 0 spiro atoms. The van der Waals surface area contributed by atoms with Crippen LogP contribution in [0.25, 0.3) is 0 Å². The predicted octanol–water partition coefficient (Wildman–Crippen LogP) is 3.74. The van der Waals surface area contributed by atoms with Gasteiger partial charge in [-0.2, -0.15) is 0 Å². The van der Waals surface area contributed by atoms with Gasteiger partial charge in [0.1, 0.15) is 0 Å². The molecule has 0 heterocycles. The zero-order valence-corrected chi connectivity index (χ0v) is 13.8. The van der Waals surface area contributed by atoms with Gasteiger partial charge in [-0.3, -0.25) is 4.79 Å². The highest BCUT2D eigenvalue weighted by Crippen LogP contribution is 2.22. The van der Waals surface area contributed by atoms with Crippen molar-refractivity contribution in [1.29, 1.82) is 0 Å². The van der Waals surface area contributed by atoms with Gasteiger partial charge >= 0.3 is 0 Å². The molecule has 21 heavy (non-hydrogen) atoms. The molecule has 0 bridgehead atoms. The van der Waals surface area contributed by atoms with Crippen LogP contribution in [0.3, 0.4) is 0 Å². The number of amides is 1. The van der Waals surface area contributed by atoms with Gasteiger partial charge in [0.2, 0.25) is 0 Å². The van der Waals surface area contributed by atoms with E-state index in [1.807, 2.05) is 18.2 Å². The molecule has 0 atom stereocenters. The average Bonchev–Trinajstić information content (AvgIpc) is 2.45. The van der Waals surface area contributed by atoms with Crippen molar-refractivity contribution < 1.29 is 4.79 Å². The summed E-state index contributed by atoms with van der Waals surface area (Å²) < 4.78 is 0.801. The number of carbonyl (C=O) groups is 1. The Balaban J connectivity index is 2.07. The van der Waals surface area contributed by atoms with E-state index in [2.05, 4.69) is 47.2 Å². The lowest BCUT2D eigenvalue weighted by molar-refractivity contribution is 0.0945. The van der Waals surface area contributed by atoms with Crippen LogP contribution in [-0.4, -0.2) is 12.5 Å². The van der Waals surface area contributed by atoms with Crippen molar-refractivity contribution in [1.82, 2.24) is 5.32 Å². The fraction of sp³-hybridized carbons (Fsp3) is 0.235. The van der Waals surface area contributed by atoms with Gasteiger partial charge in [0.05, 0.1) is 0 Å². The van der Waals surface area contributed by atoms with E-state index in [9.17, 15) is 4.79 Å². The lowest BCUT2D eigenvalue weighted by atomic mass is 9.84. The normalized spacial score (nSPS) is 11.2. The Morgan fingerprint density at radius 3 is 2.48 bits per heavy atom. The highest BCUT2D eigenvalue weighted by atomic mass is 79.9. The highest BCUT2D eigenvalue weighted by Gasteiger charge is 2.21. The summed E-state index contributed by atoms with van der Waals surface area (Å²) in [5.74, 6) is -0.119. The number of nitrogens with one attached hydrogen (secondary N) is 1. The minimum Gasteiger partial charge on any atom is -0.399 e. The third-order valence-corrected chi connectivity index (χ3v) is 3.89. The van der Waals surface area contributed by atoms with Crippen LogP contribution >= 0.6 is 15.9 Å². The van der Waals surface area contributed by atoms with E-state index < -0.39 is 0 Å². The standard InChI is InChI=1S/C17H19BrN2O/c1-17(2,13-6-4-3-5-7-13)11-20-16(21)12-8-14(18)10-15(19)9-12/h3-10H,11,19H2,1-2H3,(H,20,21). The first-order chi connectivity index (χ1) is 9.88. The molecule has 0 saturated heterocycles. The maximum Gasteiger partial charge on any atom is 0.251 e. The summed E-state index contributed by atoms with van der Waals surface area (Å²) in [5, 5.41) is 2.98. The Kier molecular flexibility index (Phi) is 4.68. The second-order valence-corrected chi connectivity index (χ2v) is 6.62. The second kappa shape index (κ2) is 6.31. The van der Waals surface area contributed by atoms with Crippen LogP contribution in [0, 0.1) is 0 Å². The monoisotopic (exact) mass is 346 g/mol. The molecule has 0 unspecified atom stereocenters. The molecule has 0 radical (unpaired) electrons. The van der Waals surface area contributed by atoms with E-state index in [-0.39, 0.29) is 11.3 Å². The largest absolute Gasteiger partial charge is 0.399 e. The molecule has 3 N–H and O–H groups in total. The summed E-state index contributed by atoms with van der Waals surface area (Å²) >= 11 is 3.35. The minimum absolute atomic E-state index is 0.119. The number of nitrogen functional groups attached to an aromatic ring is 1. The number of rotatable bonds is 4. The number of nitrogens with two attached hydrogens (primary N) is 1. The highest BCUT2D eigenvalue weighted by molar-refractivity contribution is 9.10. The number of hydrogen-bond donors (Lipinski definition) is 2. The third kappa shape index (κ3) is 4.08. The van der Waals surface area contributed by atoms with E-state index >= 15 is 0 Å². The quantitative estimate of drug-likeness (QED) is 0.828. The van der Waals surface area contributed by atoms with E-state index in [1.54, 1.807) is 18.2 Å². The van der Waals surface area contributed by atoms with Crippen LogP contribution in [0.5, 0.6) is 0 Å². The van der Waals surface area contributed by atoms with Crippen LogP contribution in [0.15, 0.2) is 53.0 Å². The average molecular weight is 347 g/mol. The molecule has 0 saturated carbocycles. The molecule has 0 aromatic heterocycles. The number of hydrogen-bond acceptors (Lipinski definition) is 2. The van der Waals surface area contributed by atoms with Crippen LogP contribution in [0.2, 0.25) is 0 Å². The lowest BCUT2D eigenvalue weighted by Gasteiger charge is -2.25. The van der Waals surface area contributed by atoms with Crippen LogP contribution in [0.1, 0.15) is 29.8 Å². The van der Waals surface area contributed by atoms with Crippen molar-refractivity contribution >= 4 is 27.5 Å². The number of halogens is 1. The first-order valence-electron chi connectivity index (χ1n) is 6.78. The topological polar surface area (TPSA) is 55.1 Å². The maximum absolute atomic E-state index is 12.2. The van der Waals surface area contributed by atoms with E-state index in [0.717, 1.165) is 4.47 Å². The molecule has 1 amide bonds. The van der Waals surface area contributed by atoms with Crippen molar-refractivity contribution in [3.05, 3.63) is 64.1 Å². The van der Waals surface area contributed by atoms with Crippen molar-refractivity contribution in [3.63, 3.8) is 0 Å². The summed E-state index contributed by atoms with van der Waals surface area (Å²) in [7, 11) is 0. The van der Waals surface area contributed by atoms with Gasteiger partial charge in [-0.05, 0) is 23.8 Å². The third-order valence-electron chi connectivity index (χ3n) is 3.43. The van der Waals surface area contributed by atoms with Crippen LogP contribution in [0.4, 0.5) is 5.69 Å². The van der Waals surface area contributed by atoms with Crippen LogP contribution < -0.4 is 11.1 Å². The first-order valence-corrected chi connectivity index (χ1v) is 7.57. The van der Waals surface area contributed by atoms with Crippen molar-refractivity contribution in [2.45, 2.75) is 19.3 Å². The summed E-state index contributed by atoms with van der Waals surface area (Å²) in [6, 6.07) is 15.4. The minimum atomic E-state index is -0.130. The molecule has 110 valence electrons. The van der Waals surface area contributed by atoms with E-state index in [4.69, 9.17) is 5.73 Å². The van der Waals surface area contributed by atoms with Crippen LogP contribution in [-0.2, 0) is 5.41 Å². The fourth-order valence-corrected chi connectivity index (χ4v) is 2.65. The molecule has 3 nitrogen and oxygen atoms in total. The maximum atomic E-state index is 12.2. The van der Waals surface area contributed by atoms with Gasteiger partial charge in [0, 0.05) is 27.7 Å². The summed E-state index contributed by atoms with van der Waals surface area (Å²) in [4.78, 5) is 12.2. The fourth-order valence-electron chi connectivity index (χ4n) is 2.14. The molecular formula is C17H19BrN2O. The zero-order valence-electron chi connectivity index (χ0n) is 12.2. The second-order valence-electron chi connectivity index (χ2n) is 5.71. The molecular weight excluding hydrogens is 328 g/mol. The predicted molar refractivity (Wildman–Crippen MR) is 90.4 cm³/mol. The van der Waals surface area contributed by atoms with Gasteiger partial charge in [0.25, 0.3) is 5.91 Å². The first kappa shape index (κ1) is 15.6. The molecule has 0 fully saturated rings.